The van der Waals surface area contributed by atoms with Gasteiger partial charge in [-0.25, -0.2) is 0 Å². The van der Waals surface area contributed by atoms with Crippen LogP contribution < -0.4 is 0 Å². The van der Waals surface area contributed by atoms with Crippen molar-refractivity contribution in [2.75, 3.05) is 0 Å². The van der Waals surface area contributed by atoms with Gasteiger partial charge in [0.2, 0.25) is 0 Å². The van der Waals surface area contributed by atoms with E-state index in [-0.39, 0.29) is 6.10 Å². The monoisotopic (exact) mass is 230 g/mol. The van der Waals surface area contributed by atoms with Crippen LogP contribution in [0.25, 0.3) is 10.8 Å². The van der Waals surface area contributed by atoms with E-state index in [1.54, 1.807) is 12.1 Å². The van der Waals surface area contributed by atoms with Gasteiger partial charge in [-0.2, -0.15) is 0 Å². The zero-order valence-corrected chi connectivity index (χ0v) is 10.1. The maximum absolute atomic E-state index is 9.54. The predicted molar refractivity (Wildman–Crippen MR) is 70.2 cm³/mol. The quantitative estimate of drug-likeness (QED) is 0.846. The van der Waals surface area contributed by atoms with E-state index in [9.17, 15) is 10.2 Å². The highest BCUT2D eigenvalue weighted by Gasteiger charge is 2.02. The summed E-state index contributed by atoms with van der Waals surface area (Å²) in [4.78, 5) is 0. The van der Waals surface area contributed by atoms with E-state index < -0.39 is 0 Å². The third-order valence-corrected chi connectivity index (χ3v) is 3.13. The van der Waals surface area contributed by atoms with E-state index >= 15 is 0 Å². The van der Waals surface area contributed by atoms with Gasteiger partial charge in [-0.1, -0.05) is 31.2 Å². The predicted octanol–water partition coefficient (Wildman–Crippen LogP) is 3.25. The number of aromatic hydroxyl groups is 1. The number of hydrogen-bond donors (Lipinski definition) is 2. The summed E-state index contributed by atoms with van der Waals surface area (Å²) in [6.07, 6.45) is 2.30. The van der Waals surface area contributed by atoms with Crippen LogP contribution in [0.2, 0.25) is 0 Å². The maximum Gasteiger partial charge on any atom is 0.116 e. The highest BCUT2D eigenvalue weighted by atomic mass is 16.3. The second-order valence-electron chi connectivity index (χ2n) is 4.47. The molecule has 0 bridgehead atoms. The van der Waals surface area contributed by atoms with Crippen LogP contribution in [-0.2, 0) is 6.42 Å². The van der Waals surface area contributed by atoms with Gasteiger partial charge in [0.05, 0.1) is 6.10 Å². The second-order valence-corrected chi connectivity index (χ2v) is 4.47. The number of aryl methyl sites for hydroxylation is 1. The number of phenolic OH excluding ortho intramolecular Hbond substituents is 1. The Labute approximate surface area is 102 Å². The summed E-state index contributed by atoms with van der Waals surface area (Å²) in [5.74, 6) is 0.298. The first-order valence-corrected chi connectivity index (χ1v) is 6.09. The van der Waals surface area contributed by atoms with Crippen molar-refractivity contribution in [3.05, 3.63) is 42.0 Å². The second kappa shape index (κ2) is 5.19. The molecule has 0 heterocycles. The largest absolute Gasteiger partial charge is 0.508 e. The molecule has 0 spiro atoms. The molecule has 0 aliphatic rings. The van der Waals surface area contributed by atoms with Gasteiger partial charge >= 0.3 is 0 Å². The molecule has 90 valence electrons. The van der Waals surface area contributed by atoms with Gasteiger partial charge in [0.15, 0.2) is 0 Å². The molecule has 0 fully saturated rings. The summed E-state index contributed by atoms with van der Waals surface area (Å²) in [7, 11) is 0. The Kier molecular flexibility index (Phi) is 3.64. The number of hydrogen-bond acceptors (Lipinski definition) is 2. The first kappa shape index (κ1) is 11.9. The Balaban J connectivity index is 2.17. The lowest BCUT2D eigenvalue weighted by Crippen LogP contribution is -2.05. The van der Waals surface area contributed by atoms with Crippen LogP contribution in [0.15, 0.2) is 36.4 Å². The van der Waals surface area contributed by atoms with E-state index in [1.165, 1.54) is 5.56 Å². The molecule has 0 saturated carbocycles. The maximum atomic E-state index is 9.54. The van der Waals surface area contributed by atoms with Crippen molar-refractivity contribution in [1.82, 2.24) is 0 Å². The highest BCUT2D eigenvalue weighted by molar-refractivity contribution is 5.84. The van der Waals surface area contributed by atoms with Crippen molar-refractivity contribution in [2.45, 2.75) is 32.3 Å². The van der Waals surface area contributed by atoms with Crippen LogP contribution in [0.1, 0.15) is 25.3 Å². The SMILES string of the molecule is CCC(O)CCc1ccc2cc(O)ccc2c1. The standard InChI is InChI=1S/C15H18O2/c1-2-14(16)7-4-11-3-5-13-10-15(17)8-6-12(13)9-11/h3,5-6,8-10,14,16-17H,2,4,7H2,1H3. The first-order chi connectivity index (χ1) is 8.19. The Bertz CT molecular complexity index is 505. The van der Waals surface area contributed by atoms with Crippen LogP contribution in [0.4, 0.5) is 0 Å². The summed E-state index contributed by atoms with van der Waals surface area (Å²) in [6.45, 7) is 1.99. The van der Waals surface area contributed by atoms with Gasteiger partial charge in [-0.15, -0.1) is 0 Å². The number of rotatable bonds is 4. The van der Waals surface area contributed by atoms with Crippen LogP contribution >= 0.6 is 0 Å². The Morgan fingerprint density at radius 2 is 1.76 bits per heavy atom. The van der Waals surface area contributed by atoms with E-state index in [0.29, 0.717) is 5.75 Å². The fraction of sp³-hybridized carbons (Fsp3) is 0.333. The molecule has 2 aromatic rings. The molecule has 2 heteroatoms. The summed E-state index contributed by atoms with van der Waals surface area (Å²) >= 11 is 0. The molecule has 2 aromatic carbocycles. The summed E-state index contributed by atoms with van der Waals surface area (Å²) in [5.41, 5.74) is 1.23. The highest BCUT2D eigenvalue weighted by Crippen LogP contribution is 2.21. The van der Waals surface area contributed by atoms with Gasteiger partial charge < -0.3 is 10.2 Å². The molecule has 0 aliphatic carbocycles. The van der Waals surface area contributed by atoms with Crippen molar-refractivity contribution in [3.63, 3.8) is 0 Å². The van der Waals surface area contributed by atoms with Gasteiger partial charge in [0.1, 0.15) is 5.75 Å². The Hall–Kier alpha value is -1.54. The average Bonchev–Trinajstić information content (AvgIpc) is 2.35. The van der Waals surface area contributed by atoms with Gasteiger partial charge in [-0.05, 0) is 47.7 Å². The summed E-state index contributed by atoms with van der Waals surface area (Å²) in [5, 5.41) is 21.1. The summed E-state index contributed by atoms with van der Waals surface area (Å²) in [6, 6.07) is 11.6. The number of aliphatic hydroxyl groups excluding tert-OH is 1. The minimum absolute atomic E-state index is 0.203. The van der Waals surface area contributed by atoms with Gasteiger partial charge in [0, 0.05) is 0 Å². The van der Waals surface area contributed by atoms with Crippen molar-refractivity contribution >= 4 is 10.8 Å². The minimum Gasteiger partial charge on any atom is -0.508 e. The third kappa shape index (κ3) is 2.98. The van der Waals surface area contributed by atoms with Crippen LogP contribution in [0, 0.1) is 0 Å². The number of phenols is 1. The zero-order valence-electron chi connectivity index (χ0n) is 10.1. The molecular formula is C15H18O2. The van der Waals surface area contributed by atoms with Crippen molar-refractivity contribution in [2.24, 2.45) is 0 Å². The molecule has 0 aromatic heterocycles. The molecule has 0 amide bonds. The summed E-state index contributed by atoms with van der Waals surface area (Å²) < 4.78 is 0. The Morgan fingerprint density at radius 1 is 1.06 bits per heavy atom. The lowest BCUT2D eigenvalue weighted by molar-refractivity contribution is 0.160. The zero-order chi connectivity index (χ0) is 12.3. The van der Waals surface area contributed by atoms with Crippen LogP contribution in [0.3, 0.4) is 0 Å². The normalized spacial score (nSPS) is 12.8. The number of benzene rings is 2. The van der Waals surface area contributed by atoms with E-state index in [1.807, 2.05) is 19.1 Å². The van der Waals surface area contributed by atoms with Crippen molar-refractivity contribution in [1.29, 1.82) is 0 Å². The molecule has 1 unspecified atom stereocenters. The molecule has 17 heavy (non-hydrogen) atoms. The molecular weight excluding hydrogens is 212 g/mol. The van der Waals surface area contributed by atoms with E-state index in [0.717, 1.165) is 30.0 Å². The fourth-order valence-electron chi connectivity index (χ4n) is 1.98. The number of aliphatic hydroxyl groups is 1. The molecule has 1 atom stereocenters. The first-order valence-electron chi connectivity index (χ1n) is 6.09. The molecule has 0 saturated heterocycles. The molecule has 2 nitrogen and oxygen atoms in total. The minimum atomic E-state index is -0.203. The van der Waals surface area contributed by atoms with Crippen LogP contribution in [-0.4, -0.2) is 16.3 Å². The van der Waals surface area contributed by atoms with E-state index in [2.05, 4.69) is 12.1 Å². The molecule has 2 rings (SSSR count). The third-order valence-electron chi connectivity index (χ3n) is 3.13. The van der Waals surface area contributed by atoms with Gasteiger partial charge in [-0.3, -0.25) is 0 Å². The average molecular weight is 230 g/mol. The van der Waals surface area contributed by atoms with Crippen molar-refractivity contribution in [3.8, 4) is 5.75 Å². The Morgan fingerprint density at radius 3 is 2.53 bits per heavy atom. The molecule has 0 radical (unpaired) electrons. The molecule has 2 N–H and O–H groups in total. The van der Waals surface area contributed by atoms with Crippen LogP contribution in [0.5, 0.6) is 5.75 Å². The lowest BCUT2D eigenvalue weighted by atomic mass is 10.0. The number of fused-ring (bicyclic) bond motifs is 1. The van der Waals surface area contributed by atoms with Crippen molar-refractivity contribution < 1.29 is 10.2 Å². The fourth-order valence-corrected chi connectivity index (χ4v) is 1.98. The lowest BCUT2D eigenvalue weighted by Gasteiger charge is -2.08. The van der Waals surface area contributed by atoms with Gasteiger partial charge in [0.25, 0.3) is 0 Å². The smallest absolute Gasteiger partial charge is 0.116 e. The molecule has 0 aliphatic heterocycles. The van der Waals surface area contributed by atoms with E-state index in [4.69, 9.17) is 0 Å². The topological polar surface area (TPSA) is 40.5 Å².